The molecule has 1 aromatic carbocycles. The molecule has 6 nitrogen and oxygen atoms in total. The number of hydrogen-bond donors (Lipinski definition) is 1. The number of nitrogens with one attached hydrogen (secondary N) is 1. The fraction of sp³-hybridized carbons (Fsp3) is 0.588. The van der Waals surface area contributed by atoms with Crippen molar-refractivity contribution in [1.29, 1.82) is 0 Å². The van der Waals surface area contributed by atoms with E-state index in [1.807, 2.05) is 36.1 Å². The number of carbonyl (C=O) groups excluding carboxylic acids is 1. The van der Waals surface area contributed by atoms with Gasteiger partial charge in [0.15, 0.2) is 17.6 Å². The van der Waals surface area contributed by atoms with Crippen LogP contribution in [0.3, 0.4) is 0 Å². The number of nitrogens with zero attached hydrogens (tertiary/aromatic N) is 1. The van der Waals surface area contributed by atoms with Crippen LogP contribution in [-0.2, 0) is 9.53 Å². The number of rotatable bonds is 5. The van der Waals surface area contributed by atoms with Crippen LogP contribution in [0.2, 0.25) is 0 Å². The fourth-order valence-corrected chi connectivity index (χ4v) is 2.90. The van der Waals surface area contributed by atoms with Crippen molar-refractivity contribution in [3.63, 3.8) is 0 Å². The van der Waals surface area contributed by atoms with Gasteiger partial charge in [-0.15, -0.1) is 0 Å². The smallest absolute Gasteiger partial charge is 0.224 e. The minimum atomic E-state index is -0.135. The van der Waals surface area contributed by atoms with Gasteiger partial charge in [0.1, 0.15) is 6.61 Å². The summed E-state index contributed by atoms with van der Waals surface area (Å²) in [7, 11) is 0. The molecule has 2 aliphatic rings. The summed E-state index contributed by atoms with van der Waals surface area (Å²) in [5.74, 6) is 1.63. The lowest BCUT2D eigenvalue weighted by molar-refractivity contribution is -0.133. The van der Waals surface area contributed by atoms with Gasteiger partial charge in [-0.25, -0.2) is 0 Å². The summed E-state index contributed by atoms with van der Waals surface area (Å²) < 4.78 is 17.1. The van der Waals surface area contributed by atoms with E-state index < -0.39 is 0 Å². The second-order valence-corrected chi connectivity index (χ2v) is 5.86. The van der Waals surface area contributed by atoms with Crippen molar-refractivity contribution < 1.29 is 19.0 Å². The highest BCUT2D eigenvalue weighted by molar-refractivity contribution is 5.76. The minimum Gasteiger partial charge on any atom is -0.486 e. The van der Waals surface area contributed by atoms with Crippen LogP contribution in [0, 0.1) is 0 Å². The highest BCUT2D eigenvalue weighted by Crippen LogP contribution is 2.31. The van der Waals surface area contributed by atoms with Crippen LogP contribution < -0.4 is 14.8 Å². The summed E-state index contributed by atoms with van der Waals surface area (Å²) in [6.07, 6.45) is 0.322. The molecular formula is C17H24N2O4. The Hall–Kier alpha value is -1.79. The Kier molecular flexibility index (Phi) is 5.35. The van der Waals surface area contributed by atoms with Gasteiger partial charge in [0.25, 0.3) is 0 Å². The van der Waals surface area contributed by atoms with Crippen molar-refractivity contribution in [3.8, 4) is 11.5 Å². The zero-order valence-electron chi connectivity index (χ0n) is 13.5. The largest absolute Gasteiger partial charge is 0.486 e. The van der Waals surface area contributed by atoms with Crippen molar-refractivity contribution in [3.05, 3.63) is 24.3 Å². The molecule has 0 radical (unpaired) electrons. The second kappa shape index (κ2) is 7.66. The molecule has 1 N–H and O–H groups in total. The topological polar surface area (TPSA) is 60.0 Å². The maximum Gasteiger partial charge on any atom is 0.224 e. The summed E-state index contributed by atoms with van der Waals surface area (Å²) in [4.78, 5) is 14.3. The van der Waals surface area contributed by atoms with Gasteiger partial charge in [-0.05, 0) is 19.1 Å². The van der Waals surface area contributed by atoms with Crippen LogP contribution in [0.5, 0.6) is 11.5 Å². The molecule has 0 spiro atoms. The monoisotopic (exact) mass is 320 g/mol. The predicted molar refractivity (Wildman–Crippen MR) is 85.8 cm³/mol. The van der Waals surface area contributed by atoms with E-state index in [0.717, 1.165) is 24.7 Å². The van der Waals surface area contributed by atoms with Crippen LogP contribution in [0.25, 0.3) is 0 Å². The molecule has 6 heteroatoms. The molecule has 3 rings (SSSR count). The first-order valence-corrected chi connectivity index (χ1v) is 8.23. The summed E-state index contributed by atoms with van der Waals surface area (Å²) in [6.45, 7) is 5.77. The van der Waals surface area contributed by atoms with Crippen molar-refractivity contribution >= 4 is 5.91 Å². The van der Waals surface area contributed by atoms with E-state index >= 15 is 0 Å². The number of ether oxygens (including phenoxy) is 3. The average Bonchev–Trinajstić information content (AvgIpc) is 2.60. The van der Waals surface area contributed by atoms with Crippen molar-refractivity contribution in [1.82, 2.24) is 10.2 Å². The second-order valence-electron chi connectivity index (χ2n) is 5.86. The molecule has 1 amide bonds. The fourth-order valence-electron chi connectivity index (χ4n) is 2.90. The number of carbonyl (C=O) groups is 1. The van der Waals surface area contributed by atoms with E-state index in [4.69, 9.17) is 14.2 Å². The van der Waals surface area contributed by atoms with Crippen LogP contribution in [0.15, 0.2) is 24.3 Å². The molecule has 0 saturated carbocycles. The van der Waals surface area contributed by atoms with Crippen molar-refractivity contribution in [2.24, 2.45) is 0 Å². The predicted octanol–water partition coefficient (Wildman–Crippen LogP) is 1.05. The van der Waals surface area contributed by atoms with E-state index in [2.05, 4.69) is 5.32 Å². The Bertz CT molecular complexity index is 531. The normalized spacial score (nSPS) is 23.3. The van der Waals surface area contributed by atoms with Gasteiger partial charge < -0.3 is 24.4 Å². The zero-order chi connectivity index (χ0) is 16.1. The first-order chi connectivity index (χ1) is 11.3. The molecule has 1 saturated heterocycles. The molecule has 1 aromatic rings. The summed E-state index contributed by atoms with van der Waals surface area (Å²) in [5, 5.41) is 3.32. The third-order valence-electron chi connectivity index (χ3n) is 4.15. The molecule has 23 heavy (non-hydrogen) atoms. The molecule has 0 aliphatic carbocycles. The molecule has 2 heterocycles. The van der Waals surface area contributed by atoms with Crippen LogP contribution in [0.1, 0.15) is 13.3 Å². The average molecular weight is 320 g/mol. The first-order valence-electron chi connectivity index (χ1n) is 8.23. The van der Waals surface area contributed by atoms with E-state index in [0.29, 0.717) is 32.7 Å². The summed E-state index contributed by atoms with van der Waals surface area (Å²) in [5.41, 5.74) is 0. The molecule has 0 bridgehead atoms. The maximum absolute atomic E-state index is 12.5. The number of amides is 1. The number of fused-ring (bicyclic) bond motifs is 1. The van der Waals surface area contributed by atoms with Gasteiger partial charge in [-0.3, -0.25) is 4.79 Å². The third-order valence-corrected chi connectivity index (χ3v) is 4.15. The summed E-state index contributed by atoms with van der Waals surface area (Å²) in [6, 6.07) is 7.73. The lowest BCUT2D eigenvalue weighted by atomic mass is 10.1. The van der Waals surface area contributed by atoms with E-state index in [9.17, 15) is 4.79 Å². The quantitative estimate of drug-likeness (QED) is 0.879. The lowest BCUT2D eigenvalue weighted by Gasteiger charge is -2.32. The van der Waals surface area contributed by atoms with Gasteiger partial charge >= 0.3 is 0 Å². The Balaban J connectivity index is 1.54. The Morgan fingerprint density at radius 3 is 2.87 bits per heavy atom. The molecular weight excluding hydrogens is 296 g/mol. The maximum atomic E-state index is 12.5. The lowest BCUT2D eigenvalue weighted by Crippen LogP contribution is -2.48. The standard InChI is InChI=1S/C17H24N2O4/c1-2-19(17(20)9-13-11-21-8-7-18-13)10-14-12-22-15-5-3-4-6-16(15)23-14/h3-6,13-14,18H,2,7-12H2,1H3. The molecule has 2 atom stereocenters. The summed E-state index contributed by atoms with van der Waals surface area (Å²) >= 11 is 0. The number of hydrogen-bond acceptors (Lipinski definition) is 5. The van der Waals surface area contributed by atoms with Gasteiger partial charge in [0, 0.05) is 25.6 Å². The molecule has 2 aliphatic heterocycles. The molecule has 0 aromatic heterocycles. The van der Waals surface area contributed by atoms with Crippen molar-refractivity contribution in [2.75, 3.05) is 39.5 Å². The highest BCUT2D eigenvalue weighted by atomic mass is 16.6. The molecule has 126 valence electrons. The van der Waals surface area contributed by atoms with Gasteiger partial charge in [0.2, 0.25) is 5.91 Å². The third kappa shape index (κ3) is 4.14. The van der Waals surface area contributed by atoms with Crippen LogP contribution in [-0.4, -0.2) is 62.4 Å². The van der Waals surface area contributed by atoms with Gasteiger partial charge in [0.05, 0.1) is 19.8 Å². The van der Waals surface area contributed by atoms with E-state index in [1.54, 1.807) is 0 Å². The van der Waals surface area contributed by atoms with E-state index in [1.165, 1.54) is 0 Å². The van der Waals surface area contributed by atoms with Gasteiger partial charge in [-0.2, -0.15) is 0 Å². The Labute approximate surface area is 136 Å². The van der Waals surface area contributed by atoms with Gasteiger partial charge in [-0.1, -0.05) is 12.1 Å². The number of morpholine rings is 1. The number of benzene rings is 1. The number of para-hydroxylation sites is 2. The molecule has 1 fully saturated rings. The first kappa shape index (κ1) is 16.1. The Morgan fingerprint density at radius 2 is 2.13 bits per heavy atom. The van der Waals surface area contributed by atoms with Crippen LogP contribution in [0.4, 0.5) is 0 Å². The van der Waals surface area contributed by atoms with Crippen molar-refractivity contribution in [2.45, 2.75) is 25.5 Å². The number of likely N-dealkylation sites (N-methyl/N-ethyl adjacent to an activating group) is 1. The minimum absolute atomic E-state index is 0.106. The SMILES string of the molecule is CCN(CC1COc2ccccc2O1)C(=O)CC1COCCN1. The van der Waals surface area contributed by atoms with Crippen LogP contribution >= 0.6 is 0 Å². The highest BCUT2D eigenvalue weighted by Gasteiger charge is 2.26. The Morgan fingerprint density at radius 1 is 1.30 bits per heavy atom. The van der Waals surface area contributed by atoms with E-state index in [-0.39, 0.29) is 18.1 Å². The zero-order valence-corrected chi connectivity index (χ0v) is 13.5. The molecule has 2 unspecified atom stereocenters.